The van der Waals surface area contributed by atoms with Gasteiger partial charge in [-0.05, 0) is 69.5 Å². The van der Waals surface area contributed by atoms with Gasteiger partial charge in [-0.25, -0.2) is 0 Å². The number of methoxy groups -OCH3 is 1. The second kappa shape index (κ2) is 12.8. The van der Waals surface area contributed by atoms with E-state index in [1.54, 1.807) is 13.4 Å². The highest BCUT2D eigenvalue weighted by molar-refractivity contribution is 5.94. The number of ether oxygens (including phenoxy) is 2. The molecule has 1 aromatic heterocycles. The van der Waals surface area contributed by atoms with E-state index >= 15 is 0 Å². The van der Waals surface area contributed by atoms with Crippen molar-refractivity contribution >= 4 is 16.9 Å². The van der Waals surface area contributed by atoms with Crippen molar-refractivity contribution in [1.29, 1.82) is 0 Å². The fourth-order valence-corrected chi connectivity index (χ4v) is 4.64. The molecule has 7 heteroatoms. The summed E-state index contributed by atoms with van der Waals surface area (Å²) in [6.45, 7) is 10.3. The zero-order valence-corrected chi connectivity index (χ0v) is 21.8. The monoisotopic (exact) mass is 493 g/mol. The van der Waals surface area contributed by atoms with E-state index in [-0.39, 0.29) is 11.9 Å². The number of amides is 1. The van der Waals surface area contributed by atoms with Crippen LogP contribution in [0.2, 0.25) is 0 Å². The summed E-state index contributed by atoms with van der Waals surface area (Å²) in [7, 11) is 1.67. The van der Waals surface area contributed by atoms with E-state index in [0.717, 1.165) is 79.2 Å². The van der Waals surface area contributed by atoms with Gasteiger partial charge < -0.3 is 24.1 Å². The van der Waals surface area contributed by atoms with Gasteiger partial charge in [-0.1, -0.05) is 12.1 Å². The minimum atomic E-state index is 0.127. The standard InChI is InChI=1S/C29H39N3O4/c1-22(2)30-29(33)20-32-16-14-31(15-17-32)13-5-4-6-18-35-25-11-12-26-27(21-36-28(26)19-25)23-7-9-24(34-3)10-8-23/h7-12,19,21-22H,4-6,13-18,20H2,1-3H3,(H,30,33). The lowest BCUT2D eigenvalue weighted by Crippen LogP contribution is -2.50. The number of hydrogen-bond donors (Lipinski definition) is 1. The lowest BCUT2D eigenvalue weighted by atomic mass is 10.0. The predicted molar refractivity (Wildman–Crippen MR) is 144 cm³/mol. The van der Waals surface area contributed by atoms with E-state index in [2.05, 4.69) is 21.2 Å². The Hall–Kier alpha value is -3.03. The van der Waals surface area contributed by atoms with Crippen molar-refractivity contribution in [3.05, 3.63) is 48.7 Å². The van der Waals surface area contributed by atoms with E-state index in [9.17, 15) is 4.79 Å². The number of fused-ring (bicyclic) bond motifs is 1. The molecule has 194 valence electrons. The Morgan fingerprint density at radius 1 is 0.972 bits per heavy atom. The molecule has 2 aromatic carbocycles. The Morgan fingerprint density at radius 3 is 2.42 bits per heavy atom. The number of furan rings is 1. The normalized spacial score (nSPS) is 14.9. The largest absolute Gasteiger partial charge is 0.497 e. The SMILES string of the molecule is COc1ccc(-c2coc3cc(OCCCCCN4CCN(CC(=O)NC(C)C)CC4)ccc23)cc1. The number of hydrogen-bond acceptors (Lipinski definition) is 6. The average molecular weight is 494 g/mol. The van der Waals surface area contributed by atoms with Gasteiger partial charge in [-0.3, -0.25) is 9.69 Å². The second-order valence-corrected chi connectivity index (χ2v) is 9.78. The molecule has 0 bridgehead atoms. The lowest BCUT2D eigenvalue weighted by Gasteiger charge is -2.34. The molecule has 4 rings (SSSR count). The molecule has 1 fully saturated rings. The first-order chi connectivity index (χ1) is 17.5. The minimum absolute atomic E-state index is 0.127. The first-order valence-corrected chi connectivity index (χ1v) is 13.0. The maximum Gasteiger partial charge on any atom is 0.234 e. The van der Waals surface area contributed by atoms with E-state index in [4.69, 9.17) is 13.9 Å². The molecule has 0 saturated carbocycles. The number of carbonyl (C=O) groups excluding carboxylic acids is 1. The molecule has 1 amide bonds. The van der Waals surface area contributed by atoms with Crippen LogP contribution in [0.1, 0.15) is 33.1 Å². The summed E-state index contributed by atoms with van der Waals surface area (Å²) in [5.74, 6) is 1.81. The van der Waals surface area contributed by atoms with Gasteiger partial charge in [-0.15, -0.1) is 0 Å². The van der Waals surface area contributed by atoms with Gasteiger partial charge in [0.15, 0.2) is 0 Å². The maximum atomic E-state index is 11.9. The van der Waals surface area contributed by atoms with Crippen molar-refractivity contribution in [1.82, 2.24) is 15.1 Å². The van der Waals surface area contributed by atoms with Crippen LogP contribution in [-0.2, 0) is 4.79 Å². The predicted octanol–water partition coefficient (Wildman–Crippen LogP) is 4.80. The summed E-state index contributed by atoms with van der Waals surface area (Å²) in [4.78, 5) is 16.7. The number of nitrogens with zero attached hydrogens (tertiary/aromatic N) is 2. The molecule has 2 heterocycles. The van der Waals surface area contributed by atoms with Crippen LogP contribution in [0, 0.1) is 0 Å². The molecule has 0 atom stereocenters. The summed E-state index contributed by atoms with van der Waals surface area (Å²) < 4.78 is 17.1. The van der Waals surface area contributed by atoms with Gasteiger partial charge in [0, 0.05) is 49.2 Å². The van der Waals surface area contributed by atoms with Crippen LogP contribution in [0.4, 0.5) is 0 Å². The number of benzene rings is 2. The van der Waals surface area contributed by atoms with Crippen LogP contribution < -0.4 is 14.8 Å². The van der Waals surface area contributed by atoms with Crippen molar-refractivity contribution in [2.45, 2.75) is 39.2 Å². The third-order valence-corrected chi connectivity index (χ3v) is 6.62. The number of rotatable bonds is 12. The Morgan fingerprint density at radius 2 is 1.69 bits per heavy atom. The van der Waals surface area contributed by atoms with E-state index in [1.165, 1.54) is 6.42 Å². The maximum absolute atomic E-state index is 11.9. The topological polar surface area (TPSA) is 67.2 Å². The third kappa shape index (κ3) is 7.24. The first kappa shape index (κ1) is 26.0. The molecule has 7 nitrogen and oxygen atoms in total. The smallest absolute Gasteiger partial charge is 0.234 e. The molecule has 0 radical (unpaired) electrons. The summed E-state index contributed by atoms with van der Waals surface area (Å²) in [6.07, 6.45) is 5.14. The Kier molecular flexibility index (Phi) is 9.25. The van der Waals surface area contributed by atoms with Crippen LogP contribution in [-0.4, -0.2) is 74.7 Å². The van der Waals surface area contributed by atoms with Crippen molar-refractivity contribution in [3.8, 4) is 22.6 Å². The molecule has 1 aliphatic heterocycles. The fraction of sp³-hybridized carbons (Fsp3) is 0.483. The lowest BCUT2D eigenvalue weighted by molar-refractivity contribution is -0.123. The number of nitrogens with one attached hydrogen (secondary N) is 1. The molecule has 1 N–H and O–H groups in total. The summed E-state index contributed by atoms with van der Waals surface area (Å²) in [5.41, 5.74) is 3.00. The zero-order valence-electron chi connectivity index (χ0n) is 21.8. The second-order valence-electron chi connectivity index (χ2n) is 9.78. The Bertz CT molecular complexity index is 1100. The van der Waals surface area contributed by atoms with E-state index in [1.807, 2.05) is 50.2 Å². The van der Waals surface area contributed by atoms with Gasteiger partial charge in [-0.2, -0.15) is 0 Å². The van der Waals surface area contributed by atoms with Crippen LogP contribution in [0.5, 0.6) is 11.5 Å². The zero-order chi connectivity index (χ0) is 25.3. The van der Waals surface area contributed by atoms with Gasteiger partial charge in [0.1, 0.15) is 17.1 Å². The molecule has 1 saturated heterocycles. The Balaban J connectivity index is 1.13. The molecule has 3 aromatic rings. The third-order valence-electron chi connectivity index (χ3n) is 6.62. The summed E-state index contributed by atoms with van der Waals surface area (Å²) >= 11 is 0. The van der Waals surface area contributed by atoms with Crippen LogP contribution in [0.15, 0.2) is 53.1 Å². The molecule has 0 aliphatic carbocycles. The van der Waals surface area contributed by atoms with Gasteiger partial charge in [0.25, 0.3) is 0 Å². The molecule has 1 aliphatic rings. The molecule has 0 unspecified atom stereocenters. The molecular formula is C29H39N3O4. The number of unbranched alkanes of at least 4 members (excludes halogenated alkanes) is 2. The molecule has 36 heavy (non-hydrogen) atoms. The highest BCUT2D eigenvalue weighted by Crippen LogP contribution is 2.33. The minimum Gasteiger partial charge on any atom is -0.497 e. The van der Waals surface area contributed by atoms with Crippen molar-refractivity contribution < 1.29 is 18.7 Å². The van der Waals surface area contributed by atoms with Crippen molar-refractivity contribution in [3.63, 3.8) is 0 Å². The number of carbonyl (C=O) groups is 1. The first-order valence-electron chi connectivity index (χ1n) is 13.0. The van der Waals surface area contributed by atoms with Crippen molar-refractivity contribution in [2.75, 3.05) is 53.0 Å². The highest BCUT2D eigenvalue weighted by atomic mass is 16.5. The molecular weight excluding hydrogens is 454 g/mol. The summed E-state index contributed by atoms with van der Waals surface area (Å²) in [6, 6.07) is 14.3. The van der Waals surface area contributed by atoms with Crippen molar-refractivity contribution in [2.24, 2.45) is 0 Å². The average Bonchev–Trinajstić information content (AvgIpc) is 3.30. The van der Waals surface area contributed by atoms with Crippen LogP contribution in [0.3, 0.4) is 0 Å². The Labute approximate surface area is 214 Å². The molecule has 0 spiro atoms. The van der Waals surface area contributed by atoms with E-state index < -0.39 is 0 Å². The number of piperazine rings is 1. The fourth-order valence-electron chi connectivity index (χ4n) is 4.64. The van der Waals surface area contributed by atoms with E-state index in [0.29, 0.717) is 13.2 Å². The van der Waals surface area contributed by atoms with Gasteiger partial charge >= 0.3 is 0 Å². The van der Waals surface area contributed by atoms with Crippen LogP contribution >= 0.6 is 0 Å². The van der Waals surface area contributed by atoms with Gasteiger partial charge in [0.05, 0.1) is 26.5 Å². The summed E-state index contributed by atoms with van der Waals surface area (Å²) in [5, 5.41) is 4.05. The highest BCUT2D eigenvalue weighted by Gasteiger charge is 2.18. The quantitative estimate of drug-likeness (QED) is 0.366. The van der Waals surface area contributed by atoms with Gasteiger partial charge in [0.2, 0.25) is 5.91 Å². The van der Waals surface area contributed by atoms with Crippen LogP contribution in [0.25, 0.3) is 22.1 Å².